The summed E-state index contributed by atoms with van der Waals surface area (Å²) in [6.45, 7) is 2.42. The highest BCUT2D eigenvalue weighted by Gasteiger charge is 2.20. The molecule has 0 spiro atoms. The van der Waals surface area contributed by atoms with E-state index in [0.29, 0.717) is 0 Å². The summed E-state index contributed by atoms with van der Waals surface area (Å²) in [5.74, 6) is 0.906. The van der Waals surface area contributed by atoms with E-state index in [1.54, 1.807) is 0 Å². The van der Waals surface area contributed by atoms with Gasteiger partial charge in [0.25, 0.3) is 0 Å². The van der Waals surface area contributed by atoms with Gasteiger partial charge in [0, 0.05) is 37.4 Å². The van der Waals surface area contributed by atoms with E-state index in [0.717, 1.165) is 24.9 Å². The first-order valence-electron chi connectivity index (χ1n) is 7.26. The molecule has 1 saturated carbocycles. The van der Waals surface area contributed by atoms with E-state index >= 15 is 0 Å². The standard InChI is InChI=1S/C15H27N3/c1-16-14-7-5-13(6-8-14)12-18(2)11-9-15-4-3-10-17-15/h3-4,10,13-14,16-17H,5-9,11-12H2,1-2H3. The minimum atomic E-state index is 0.769. The van der Waals surface area contributed by atoms with E-state index in [1.165, 1.54) is 37.9 Å². The molecular weight excluding hydrogens is 222 g/mol. The fourth-order valence-electron chi connectivity index (χ4n) is 3.00. The van der Waals surface area contributed by atoms with Crippen LogP contribution in [0.15, 0.2) is 18.3 Å². The Morgan fingerprint density at radius 3 is 2.72 bits per heavy atom. The summed E-state index contributed by atoms with van der Waals surface area (Å²) in [6.07, 6.45) is 8.62. The zero-order valence-electron chi connectivity index (χ0n) is 11.8. The smallest absolute Gasteiger partial charge is 0.0159 e. The summed E-state index contributed by atoms with van der Waals surface area (Å²) in [7, 11) is 4.35. The maximum atomic E-state index is 3.40. The van der Waals surface area contributed by atoms with E-state index in [4.69, 9.17) is 0 Å². The molecule has 0 aromatic carbocycles. The highest BCUT2D eigenvalue weighted by molar-refractivity contribution is 5.03. The molecule has 1 heterocycles. The average molecular weight is 249 g/mol. The van der Waals surface area contributed by atoms with Gasteiger partial charge in [-0.2, -0.15) is 0 Å². The predicted octanol–water partition coefficient (Wildman–Crippen LogP) is 2.27. The van der Waals surface area contributed by atoms with Crippen LogP contribution in [0.4, 0.5) is 0 Å². The summed E-state index contributed by atoms with van der Waals surface area (Å²) in [6, 6.07) is 5.02. The van der Waals surface area contributed by atoms with Crippen molar-refractivity contribution in [3.63, 3.8) is 0 Å². The lowest BCUT2D eigenvalue weighted by Gasteiger charge is -2.31. The van der Waals surface area contributed by atoms with Crippen LogP contribution in [0.25, 0.3) is 0 Å². The molecule has 0 unspecified atom stereocenters. The van der Waals surface area contributed by atoms with Crippen LogP contribution >= 0.6 is 0 Å². The number of rotatable bonds is 6. The fraction of sp³-hybridized carbons (Fsp3) is 0.733. The second kappa shape index (κ2) is 6.95. The number of aromatic nitrogens is 1. The third-order valence-corrected chi connectivity index (χ3v) is 4.25. The number of hydrogen-bond acceptors (Lipinski definition) is 2. The Morgan fingerprint density at radius 2 is 2.11 bits per heavy atom. The monoisotopic (exact) mass is 249 g/mol. The van der Waals surface area contributed by atoms with Crippen LogP contribution in [-0.2, 0) is 6.42 Å². The Kier molecular flexibility index (Phi) is 5.26. The number of H-pyrrole nitrogens is 1. The molecule has 1 aromatic rings. The van der Waals surface area contributed by atoms with Crippen molar-refractivity contribution in [3.05, 3.63) is 24.0 Å². The van der Waals surface area contributed by atoms with Gasteiger partial charge in [0.2, 0.25) is 0 Å². The van der Waals surface area contributed by atoms with Crippen LogP contribution in [0.1, 0.15) is 31.4 Å². The zero-order valence-corrected chi connectivity index (χ0v) is 11.8. The molecule has 0 radical (unpaired) electrons. The van der Waals surface area contributed by atoms with Crippen LogP contribution in [0.2, 0.25) is 0 Å². The summed E-state index contributed by atoms with van der Waals surface area (Å²) in [5.41, 5.74) is 1.35. The van der Waals surface area contributed by atoms with Crippen LogP contribution in [0, 0.1) is 5.92 Å². The fourth-order valence-corrected chi connectivity index (χ4v) is 3.00. The van der Waals surface area contributed by atoms with Crippen LogP contribution in [0.5, 0.6) is 0 Å². The molecule has 1 aliphatic carbocycles. The SMILES string of the molecule is CNC1CCC(CN(C)CCc2ccc[nH]2)CC1. The quantitative estimate of drug-likeness (QED) is 0.810. The van der Waals surface area contributed by atoms with Gasteiger partial charge >= 0.3 is 0 Å². The average Bonchev–Trinajstić information content (AvgIpc) is 2.90. The van der Waals surface area contributed by atoms with Crippen molar-refractivity contribution in [1.82, 2.24) is 15.2 Å². The van der Waals surface area contributed by atoms with Crippen molar-refractivity contribution in [2.24, 2.45) is 5.92 Å². The molecule has 0 bridgehead atoms. The second-order valence-electron chi connectivity index (χ2n) is 5.71. The normalized spacial score (nSPS) is 24.6. The van der Waals surface area contributed by atoms with E-state index in [1.807, 2.05) is 6.20 Å². The first-order chi connectivity index (χ1) is 8.78. The molecule has 1 aliphatic rings. The Bertz CT molecular complexity index is 312. The summed E-state index contributed by atoms with van der Waals surface area (Å²) < 4.78 is 0. The summed E-state index contributed by atoms with van der Waals surface area (Å²) in [5, 5.41) is 3.40. The van der Waals surface area contributed by atoms with Crippen molar-refractivity contribution < 1.29 is 0 Å². The number of nitrogens with one attached hydrogen (secondary N) is 2. The van der Waals surface area contributed by atoms with Gasteiger partial charge in [-0.3, -0.25) is 0 Å². The molecule has 1 aromatic heterocycles. The van der Waals surface area contributed by atoms with Gasteiger partial charge in [-0.15, -0.1) is 0 Å². The van der Waals surface area contributed by atoms with Crippen LogP contribution < -0.4 is 5.32 Å². The second-order valence-corrected chi connectivity index (χ2v) is 5.71. The molecule has 2 rings (SSSR count). The Hall–Kier alpha value is -0.800. The highest BCUT2D eigenvalue weighted by Crippen LogP contribution is 2.24. The molecule has 0 amide bonds. The molecule has 102 valence electrons. The number of nitrogens with zero attached hydrogens (tertiary/aromatic N) is 1. The largest absolute Gasteiger partial charge is 0.365 e. The van der Waals surface area contributed by atoms with Crippen molar-refractivity contribution in [2.45, 2.75) is 38.1 Å². The van der Waals surface area contributed by atoms with E-state index < -0.39 is 0 Å². The van der Waals surface area contributed by atoms with Crippen molar-refractivity contribution >= 4 is 0 Å². The van der Waals surface area contributed by atoms with Gasteiger partial charge in [-0.25, -0.2) is 0 Å². The third-order valence-electron chi connectivity index (χ3n) is 4.25. The Morgan fingerprint density at radius 1 is 1.33 bits per heavy atom. The molecule has 0 saturated heterocycles. The van der Waals surface area contributed by atoms with Crippen molar-refractivity contribution in [3.8, 4) is 0 Å². The van der Waals surface area contributed by atoms with Gasteiger partial charge in [-0.05, 0) is 57.8 Å². The lowest BCUT2D eigenvalue weighted by Crippen LogP contribution is -2.35. The number of likely N-dealkylation sites (N-methyl/N-ethyl adjacent to an activating group) is 1. The minimum absolute atomic E-state index is 0.769. The highest BCUT2D eigenvalue weighted by atomic mass is 15.1. The zero-order chi connectivity index (χ0) is 12.8. The lowest BCUT2D eigenvalue weighted by molar-refractivity contribution is 0.217. The summed E-state index contributed by atoms with van der Waals surface area (Å²) >= 11 is 0. The summed E-state index contributed by atoms with van der Waals surface area (Å²) in [4.78, 5) is 5.77. The Labute approximate surface area is 111 Å². The Balaban J connectivity index is 1.64. The van der Waals surface area contributed by atoms with Gasteiger partial charge in [-0.1, -0.05) is 0 Å². The van der Waals surface area contributed by atoms with Crippen molar-refractivity contribution in [1.29, 1.82) is 0 Å². The molecule has 18 heavy (non-hydrogen) atoms. The first kappa shape index (κ1) is 13.6. The molecule has 0 aliphatic heterocycles. The topological polar surface area (TPSA) is 31.1 Å². The molecule has 2 N–H and O–H groups in total. The van der Waals surface area contributed by atoms with E-state index in [2.05, 4.69) is 41.4 Å². The molecule has 1 fully saturated rings. The lowest BCUT2D eigenvalue weighted by atomic mass is 9.86. The van der Waals surface area contributed by atoms with Gasteiger partial charge in [0.05, 0.1) is 0 Å². The maximum absolute atomic E-state index is 3.40. The predicted molar refractivity (Wildman–Crippen MR) is 76.8 cm³/mol. The minimum Gasteiger partial charge on any atom is -0.365 e. The van der Waals surface area contributed by atoms with Gasteiger partial charge < -0.3 is 15.2 Å². The van der Waals surface area contributed by atoms with Crippen LogP contribution in [0.3, 0.4) is 0 Å². The number of hydrogen-bond donors (Lipinski definition) is 2. The van der Waals surface area contributed by atoms with Gasteiger partial charge in [0.15, 0.2) is 0 Å². The maximum Gasteiger partial charge on any atom is 0.0159 e. The van der Waals surface area contributed by atoms with E-state index in [-0.39, 0.29) is 0 Å². The van der Waals surface area contributed by atoms with Gasteiger partial charge in [0.1, 0.15) is 0 Å². The molecule has 0 atom stereocenters. The van der Waals surface area contributed by atoms with E-state index in [9.17, 15) is 0 Å². The third kappa shape index (κ3) is 4.14. The molecular formula is C15H27N3. The molecule has 3 heteroatoms. The number of aromatic amines is 1. The van der Waals surface area contributed by atoms with Crippen LogP contribution in [-0.4, -0.2) is 43.1 Å². The first-order valence-corrected chi connectivity index (χ1v) is 7.26. The molecule has 3 nitrogen and oxygen atoms in total. The van der Waals surface area contributed by atoms with Crippen molar-refractivity contribution in [2.75, 3.05) is 27.2 Å².